The molecule has 1 aromatic rings. The van der Waals surface area contributed by atoms with Crippen molar-refractivity contribution in [3.8, 4) is 0 Å². The van der Waals surface area contributed by atoms with E-state index in [0.29, 0.717) is 6.54 Å². The molecular weight excluding hydrogens is 194 g/mol. The van der Waals surface area contributed by atoms with Crippen LogP contribution in [0.4, 0.5) is 0 Å². The van der Waals surface area contributed by atoms with Crippen LogP contribution < -0.4 is 0 Å². The van der Waals surface area contributed by atoms with E-state index in [-0.39, 0.29) is 18.6 Å². The van der Waals surface area contributed by atoms with Gasteiger partial charge in [0, 0.05) is 6.04 Å². The fourth-order valence-electron chi connectivity index (χ4n) is 1.25. The topological polar surface area (TPSA) is 42.7 Å². The van der Waals surface area contributed by atoms with Crippen molar-refractivity contribution in [2.45, 2.75) is 26.4 Å². The fraction of sp³-hybridized carbons (Fsp3) is 0.545. The average Bonchev–Trinajstić information content (AvgIpc) is 2.69. The van der Waals surface area contributed by atoms with E-state index in [9.17, 15) is 4.79 Å². The first-order valence-corrected chi connectivity index (χ1v) is 4.96. The molecule has 84 valence electrons. The fourth-order valence-corrected chi connectivity index (χ4v) is 1.25. The Hall–Kier alpha value is -1.29. The highest BCUT2D eigenvalue weighted by Gasteiger charge is 2.15. The second kappa shape index (κ2) is 5.56. The average molecular weight is 211 g/mol. The number of ether oxygens (including phenoxy) is 1. The lowest BCUT2D eigenvalue weighted by molar-refractivity contribution is -0.142. The Bertz CT molecular complexity index is 293. The van der Waals surface area contributed by atoms with E-state index in [0.717, 1.165) is 5.76 Å². The maximum atomic E-state index is 11.2. The molecule has 1 heterocycles. The molecule has 4 heteroatoms. The van der Waals surface area contributed by atoms with Gasteiger partial charge in [-0.2, -0.15) is 0 Å². The van der Waals surface area contributed by atoms with Gasteiger partial charge in [0.25, 0.3) is 0 Å². The van der Waals surface area contributed by atoms with Crippen molar-refractivity contribution in [2.24, 2.45) is 0 Å². The number of hydrogen-bond donors (Lipinski definition) is 0. The largest absolute Gasteiger partial charge is 0.468 e. The van der Waals surface area contributed by atoms with Crippen LogP contribution in [0.5, 0.6) is 0 Å². The first-order chi connectivity index (χ1) is 7.13. The summed E-state index contributed by atoms with van der Waals surface area (Å²) in [4.78, 5) is 13.2. The highest BCUT2D eigenvalue weighted by molar-refractivity contribution is 5.71. The number of methoxy groups -OCH3 is 1. The third-order valence-corrected chi connectivity index (χ3v) is 2.23. The SMILES string of the molecule is COC(=O)CN(Cc1ccco1)C(C)C. The minimum Gasteiger partial charge on any atom is -0.468 e. The Labute approximate surface area is 89.8 Å². The van der Waals surface area contributed by atoms with Crippen LogP contribution in [0.1, 0.15) is 19.6 Å². The third-order valence-electron chi connectivity index (χ3n) is 2.23. The number of carbonyl (C=O) groups excluding carboxylic acids is 1. The van der Waals surface area contributed by atoms with Crippen LogP contribution in [-0.2, 0) is 16.1 Å². The van der Waals surface area contributed by atoms with Crippen LogP contribution in [0.25, 0.3) is 0 Å². The maximum absolute atomic E-state index is 11.2. The Morgan fingerprint density at radius 1 is 1.60 bits per heavy atom. The molecule has 1 aromatic heterocycles. The molecule has 0 aliphatic rings. The Morgan fingerprint density at radius 2 is 2.33 bits per heavy atom. The first kappa shape index (κ1) is 11.8. The Kier molecular flexibility index (Phi) is 4.37. The zero-order chi connectivity index (χ0) is 11.3. The van der Waals surface area contributed by atoms with Gasteiger partial charge in [0.2, 0.25) is 0 Å². The number of hydrogen-bond acceptors (Lipinski definition) is 4. The van der Waals surface area contributed by atoms with Crippen molar-refractivity contribution < 1.29 is 13.9 Å². The third kappa shape index (κ3) is 3.75. The number of carbonyl (C=O) groups is 1. The van der Waals surface area contributed by atoms with E-state index in [1.54, 1.807) is 6.26 Å². The summed E-state index contributed by atoms with van der Waals surface area (Å²) in [5.41, 5.74) is 0. The van der Waals surface area contributed by atoms with Gasteiger partial charge in [-0.3, -0.25) is 9.69 Å². The van der Waals surface area contributed by atoms with E-state index in [4.69, 9.17) is 4.42 Å². The van der Waals surface area contributed by atoms with Crippen molar-refractivity contribution in [3.05, 3.63) is 24.2 Å². The molecule has 0 amide bonds. The van der Waals surface area contributed by atoms with Crippen molar-refractivity contribution in [3.63, 3.8) is 0 Å². The van der Waals surface area contributed by atoms with Crippen LogP contribution in [-0.4, -0.2) is 30.6 Å². The monoisotopic (exact) mass is 211 g/mol. The predicted octanol–water partition coefficient (Wildman–Crippen LogP) is 1.66. The molecule has 0 aliphatic carbocycles. The lowest BCUT2D eigenvalue weighted by Crippen LogP contribution is -2.35. The lowest BCUT2D eigenvalue weighted by Gasteiger charge is -2.23. The summed E-state index contributed by atoms with van der Waals surface area (Å²) in [5.74, 6) is 0.628. The van der Waals surface area contributed by atoms with Crippen LogP contribution in [0.15, 0.2) is 22.8 Å². The zero-order valence-corrected chi connectivity index (χ0v) is 9.40. The summed E-state index contributed by atoms with van der Waals surface area (Å²) in [6.07, 6.45) is 1.63. The summed E-state index contributed by atoms with van der Waals surface area (Å²) >= 11 is 0. The van der Waals surface area contributed by atoms with Crippen molar-refractivity contribution in [1.82, 2.24) is 4.90 Å². The van der Waals surface area contributed by atoms with Gasteiger partial charge >= 0.3 is 5.97 Å². The highest BCUT2D eigenvalue weighted by Crippen LogP contribution is 2.08. The molecule has 0 aromatic carbocycles. The van der Waals surface area contributed by atoms with Crippen molar-refractivity contribution in [2.75, 3.05) is 13.7 Å². The van der Waals surface area contributed by atoms with E-state index in [1.165, 1.54) is 7.11 Å². The van der Waals surface area contributed by atoms with Crippen molar-refractivity contribution in [1.29, 1.82) is 0 Å². The standard InChI is InChI=1S/C11H17NO3/c1-9(2)12(8-11(13)14-3)7-10-5-4-6-15-10/h4-6,9H,7-8H2,1-3H3. The smallest absolute Gasteiger partial charge is 0.319 e. The Morgan fingerprint density at radius 3 is 2.80 bits per heavy atom. The highest BCUT2D eigenvalue weighted by atomic mass is 16.5. The van der Waals surface area contributed by atoms with Crippen LogP contribution in [0, 0.1) is 0 Å². The number of esters is 1. The number of rotatable bonds is 5. The van der Waals surface area contributed by atoms with E-state index < -0.39 is 0 Å². The maximum Gasteiger partial charge on any atom is 0.319 e. The minimum atomic E-state index is -0.227. The molecule has 15 heavy (non-hydrogen) atoms. The summed E-state index contributed by atoms with van der Waals surface area (Å²) in [5, 5.41) is 0. The van der Waals surface area contributed by atoms with Crippen LogP contribution >= 0.6 is 0 Å². The zero-order valence-electron chi connectivity index (χ0n) is 9.40. The van der Waals surface area contributed by atoms with Gasteiger partial charge in [0.1, 0.15) is 5.76 Å². The van der Waals surface area contributed by atoms with Gasteiger partial charge in [-0.15, -0.1) is 0 Å². The minimum absolute atomic E-state index is 0.227. The summed E-state index contributed by atoms with van der Waals surface area (Å²) in [6.45, 7) is 4.98. The van der Waals surface area contributed by atoms with E-state index in [1.807, 2.05) is 30.9 Å². The summed E-state index contributed by atoms with van der Waals surface area (Å²) in [7, 11) is 1.40. The molecule has 0 radical (unpaired) electrons. The second-order valence-electron chi connectivity index (χ2n) is 3.65. The van der Waals surface area contributed by atoms with Gasteiger partial charge in [0.15, 0.2) is 0 Å². The summed E-state index contributed by atoms with van der Waals surface area (Å²) < 4.78 is 9.87. The van der Waals surface area contributed by atoms with Gasteiger partial charge < -0.3 is 9.15 Å². The lowest BCUT2D eigenvalue weighted by atomic mass is 10.3. The normalized spacial score (nSPS) is 11.0. The molecule has 0 bridgehead atoms. The number of furan rings is 1. The van der Waals surface area contributed by atoms with Gasteiger partial charge in [-0.25, -0.2) is 0 Å². The van der Waals surface area contributed by atoms with Gasteiger partial charge in [0.05, 0.1) is 26.5 Å². The molecule has 0 aliphatic heterocycles. The predicted molar refractivity (Wildman–Crippen MR) is 56.3 cm³/mol. The van der Waals surface area contributed by atoms with Crippen LogP contribution in [0.3, 0.4) is 0 Å². The van der Waals surface area contributed by atoms with Crippen molar-refractivity contribution >= 4 is 5.97 Å². The quantitative estimate of drug-likeness (QED) is 0.695. The summed E-state index contributed by atoms with van der Waals surface area (Å²) in [6, 6.07) is 4.01. The van der Waals surface area contributed by atoms with E-state index in [2.05, 4.69) is 4.74 Å². The Balaban J connectivity index is 2.55. The van der Waals surface area contributed by atoms with Gasteiger partial charge in [-0.05, 0) is 26.0 Å². The molecule has 4 nitrogen and oxygen atoms in total. The molecule has 0 saturated carbocycles. The number of nitrogens with zero attached hydrogens (tertiary/aromatic N) is 1. The molecule has 0 fully saturated rings. The molecule has 0 N–H and O–H groups in total. The molecular formula is C11H17NO3. The van der Waals surface area contributed by atoms with Gasteiger partial charge in [-0.1, -0.05) is 0 Å². The molecule has 0 saturated heterocycles. The van der Waals surface area contributed by atoms with Crippen LogP contribution in [0.2, 0.25) is 0 Å². The molecule has 0 spiro atoms. The second-order valence-corrected chi connectivity index (χ2v) is 3.65. The first-order valence-electron chi connectivity index (χ1n) is 4.96. The molecule has 0 unspecified atom stereocenters. The molecule has 0 atom stereocenters. The molecule has 1 rings (SSSR count). The van der Waals surface area contributed by atoms with E-state index >= 15 is 0 Å².